The molecule has 0 bridgehead atoms. The van der Waals surface area contributed by atoms with Crippen LogP contribution in [0.25, 0.3) is 0 Å². The molecule has 21 heavy (non-hydrogen) atoms. The summed E-state index contributed by atoms with van der Waals surface area (Å²) < 4.78 is 0. The summed E-state index contributed by atoms with van der Waals surface area (Å²) >= 11 is 0. The van der Waals surface area contributed by atoms with E-state index in [2.05, 4.69) is 41.3 Å². The number of carbonyl (C=O) groups is 1. The molecule has 0 aromatic carbocycles. The lowest BCUT2D eigenvalue weighted by atomic mass is 9.76. The number of amides is 1. The lowest BCUT2D eigenvalue weighted by Crippen LogP contribution is -2.25. The summed E-state index contributed by atoms with van der Waals surface area (Å²) in [5.41, 5.74) is 7.35. The van der Waals surface area contributed by atoms with Gasteiger partial charge in [0.2, 0.25) is 11.9 Å². The number of nitrogens with two attached hydrogens (primary N) is 1. The molecule has 1 aromatic rings. The Balaban J connectivity index is 2.54. The molecule has 1 atom stereocenters. The van der Waals surface area contributed by atoms with E-state index in [1.54, 1.807) is 0 Å². The zero-order valence-electron chi connectivity index (χ0n) is 13.7. The minimum Gasteiger partial charge on any atom is -0.330 e. The van der Waals surface area contributed by atoms with Crippen molar-refractivity contribution >= 4 is 11.9 Å². The highest BCUT2D eigenvalue weighted by atomic mass is 16.1. The Hall–Kier alpha value is -1.56. The summed E-state index contributed by atoms with van der Waals surface area (Å²) in [6, 6.07) is 0. The monoisotopic (exact) mass is 293 g/mol. The second kappa shape index (κ2) is 7.45. The first-order valence-corrected chi connectivity index (χ1v) is 7.42. The Morgan fingerprint density at radius 2 is 1.86 bits per heavy atom. The lowest BCUT2D eigenvalue weighted by molar-refractivity contribution is -0.116. The molecule has 0 aliphatic carbocycles. The van der Waals surface area contributed by atoms with E-state index in [0.29, 0.717) is 18.9 Å². The highest BCUT2D eigenvalue weighted by molar-refractivity contribution is 5.88. The van der Waals surface area contributed by atoms with E-state index in [1.165, 1.54) is 0 Å². The first-order chi connectivity index (χ1) is 9.74. The molecule has 1 amide bonds. The van der Waals surface area contributed by atoms with Gasteiger partial charge in [-0.2, -0.15) is 5.10 Å². The molecule has 6 nitrogen and oxygen atoms in total. The predicted octanol–water partition coefficient (Wildman–Crippen LogP) is 2.22. The zero-order valence-corrected chi connectivity index (χ0v) is 13.7. The van der Waals surface area contributed by atoms with Gasteiger partial charge in [0.05, 0.1) is 11.4 Å². The van der Waals surface area contributed by atoms with Crippen LogP contribution in [0.2, 0.25) is 0 Å². The van der Waals surface area contributed by atoms with Gasteiger partial charge in [-0.15, -0.1) is 5.10 Å². The van der Waals surface area contributed by atoms with E-state index < -0.39 is 0 Å². The highest BCUT2D eigenvalue weighted by Crippen LogP contribution is 2.32. The number of hydrogen-bond acceptors (Lipinski definition) is 5. The second-order valence-electron chi connectivity index (χ2n) is 6.53. The van der Waals surface area contributed by atoms with Gasteiger partial charge < -0.3 is 5.73 Å². The summed E-state index contributed by atoms with van der Waals surface area (Å²) in [5.74, 6) is 0.618. The molecular weight excluding hydrogens is 266 g/mol. The van der Waals surface area contributed by atoms with Crippen molar-refractivity contribution in [1.82, 2.24) is 15.2 Å². The largest absolute Gasteiger partial charge is 0.330 e. The number of hydrogen-bond donors (Lipinski definition) is 2. The molecule has 0 aliphatic heterocycles. The van der Waals surface area contributed by atoms with Gasteiger partial charge in [0.1, 0.15) is 0 Å². The summed E-state index contributed by atoms with van der Waals surface area (Å²) in [6.45, 7) is 10.9. The number of rotatable bonds is 6. The lowest BCUT2D eigenvalue weighted by Gasteiger charge is -2.30. The van der Waals surface area contributed by atoms with Crippen LogP contribution in [0, 0.1) is 25.2 Å². The summed E-state index contributed by atoms with van der Waals surface area (Å²) in [6.07, 6.45) is 2.18. The number of carbonyl (C=O) groups excluding carboxylic acids is 1. The van der Waals surface area contributed by atoms with Gasteiger partial charge in [0.25, 0.3) is 0 Å². The third-order valence-corrected chi connectivity index (χ3v) is 3.80. The van der Waals surface area contributed by atoms with Crippen LogP contribution < -0.4 is 11.1 Å². The summed E-state index contributed by atoms with van der Waals surface area (Å²) in [5, 5.41) is 10.5. The number of aryl methyl sites for hydroxylation is 2. The normalized spacial score (nSPS) is 13.0. The SMILES string of the molecule is Cc1nnc(NC(=O)CCC(CCN)C(C)(C)C)nc1C. The van der Waals surface area contributed by atoms with Crippen molar-refractivity contribution in [3.8, 4) is 0 Å². The fraction of sp³-hybridized carbons (Fsp3) is 0.733. The third kappa shape index (κ3) is 5.75. The number of nitrogens with one attached hydrogen (secondary N) is 1. The fourth-order valence-electron chi connectivity index (χ4n) is 2.21. The van der Waals surface area contributed by atoms with E-state index in [1.807, 2.05) is 13.8 Å². The molecule has 0 spiro atoms. The molecule has 0 aliphatic rings. The molecule has 3 N–H and O–H groups in total. The Morgan fingerprint density at radius 3 is 2.38 bits per heavy atom. The molecule has 0 fully saturated rings. The van der Waals surface area contributed by atoms with Crippen molar-refractivity contribution in [1.29, 1.82) is 0 Å². The maximum absolute atomic E-state index is 12.0. The topological polar surface area (TPSA) is 93.8 Å². The Morgan fingerprint density at radius 1 is 1.19 bits per heavy atom. The molecule has 1 aromatic heterocycles. The van der Waals surface area contributed by atoms with Crippen LogP contribution in [0.3, 0.4) is 0 Å². The van der Waals surface area contributed by atoms with Gasteiger partial charge in [-0.25, -0.2) is 4.98 Å². The fourth-order valence-corrected chi connectivity index (χ4v) is 2.21. The van der Waals surface area contributed by atoms with E-state index >= 15 is 0 Å². The van der Waals surface area contributed by atoms with E-state index in [-0.39, 0.29) is 17.3 Å². The molecule has 1 heterocycles. The number of aromatic nitrogens is 3. The van der Waals surface area contributed by atoms with Crippen molar-refractivity contribution in [3.05, 3.63) is 11.4 Å². The van der Waals surface area contributed by atoms with Gasteiger partial charge in [-0.3, -0.25) is 10.1 Å². The molecule has 118 valence electrons. The van der Waals surface area contributed by atoms with Gasteiger partial charge >= 0.3 is 0 Å². The van der Waals surface area contributed by atoms with Gasteiger partial charge in [0.15, 0.2) is 0 Å². The average Bonchev–Trinajstić information content (AvgIpc) is 2.37. The first kappa shape index (κ1) is 17.5. The van der Waals surface area contributed by atoms with Gasteiger partial charge in [0, 0.05) is 6.42 Å². The van der Waals surface area contributed by atoms with Crippen LogP contribution in [-0.4, -0.2) is 27.6 Å². The molecular formula is C15H27N5O. The minimum atomic E-state index is -0.0775. The van der Waals surface area contributed by atoms with E-state index in [9.17, 15) is 4.79 Å². The maximum atomic E-state index is 12.0. The van der Waals surface area contributed by atoms with Crippen molar-refractivity contribution in [2.24, 2.45) is 17.1 Å². The van der Waals surface area contributed by atoms with E-state index in [4.69, 9.17) is 5.73 Å². The molecule has 1 rings (SSSR count). The minimum absolute atomic E-state index is 0.0775. The number of anilines is 1. The van der Waals surface area contributed by atoms with Crippen LogP contribution >= 0.6 is 0 Å². The van der Waals surface area contributed by atoms with Crippen LogP contribution in [0.1, 0.15) is 51.4 Å². The Kier molecular flexibility index (Phi) is 6.20. The molecule has 0 saturated heterocycles. The van der Waals surface area contributed by atoms with Gasteiger partial charge in [-0.05, 0) is 44.6 Å². The maximum Gasteiger partial charge on any atom is 0.249 e. The molecule has 6 heteroatoms. The van der Waals surface area contributed by atoms with Crippen molar-refractivity contribution in [2.75, 3.05) is 11.9 Å². The van der Waals surface area contributed by atoms with Crippen molar-refractivity contribution in [3.63, 3.8) is 0 Å². The smallest absolute Gasteiger partial charge is 0.249 e. The quantitative estimate of drug-likeness (QED) is 0.838. The van der Waals surface area contributed by atoms with Crippen molar-refractivity contribution in [2.45, 2.75) is 53.9 Å². The van der Waals surface area contributed by atoms with Crippen LogP contribution in [0.4, 0.5) is 5.95 Å². The van der Waals surface area contributed by atoms with Crippen LogP contribution in [-0.2, 0) is 4.79 Å². The highest BCUT2D eigenvalue weighted by Gasteiger charge is 2.24. The zero-order chi connectivity index (χ0) is 16.0. The van der Waals surface area contributed by atoms with Gasteiger partial charge in [-0.1, -0.05) is 20.8 Å². The average molecular weight is 293 g/mol. The van der Waals surface area contributed by atoms with E-state index in [0.717, 1.165) is 24.2 Å². The number of nitrogens with zero attached hydrogens (tertiary/aromatic N) is 3. The van der Waals surface area contributed by atoms with Crippen LogP contribution in [0.5, 0.6) is 0 Å². The molecule has 0 saturated carbocycles. The molecule has 0 radical (unpaired) electrons. The Bertz CT molecular complexity index is 481. The molecule has 1 unspecified atom stereocenters. The van der Waals surface area contributed by atoms with Crippen LogP contribution in [0.15, 0.2) is 0 Å². The summed E-state index contributed by atoms with van der Waals surface area (Å²) in [7, 11) is 0. The predicted molar refractivity (Wildman–Crippen MR) is 83.8 cm³/mol. The third-order valence-electron chi connectivity index (χ3n) is 3.80. The van der Waals surface area contributed by atoms with Crippen molar-refractivity contribution < 1.29 is 4.79 Å². The first-order valence-electron chi connectivity index (χ1n) is 7.42. The standard InChI is InChI=1S/C15H27N5O/c1-10-11(2)19-20-14(17-10)18-13(21)7-6-12(8-9-16)15(3,4)5/h12H,6-9,16H2,1-5H3,(H,17,18,20,21). The second-order valence-corrected chi connectivity index (χ2v) is 6.53. The Labute approximate surface area is 126 Å². The summed E-state index contributed by atoms with van der Waals surface area (Å²) in [4.78, 5) is 16.2.